The highest BCUT2D eigenvalue weighted by atomic mass is 32.2. The zero-order valence-electron chi connectivity index (χ0n) is 15.8. The molecular formula is C17H23NO9S. The lowest BCUT2D eigenvalue weighted by molar-refractivity contribution is -0.170. The summed E-state index contributed by atoms with van der Waals surface area (Å²) < 4.78 is 46.6. The predicted molar refractivity (Wildman–Crippen MR) is 97.6 cm³/mol. The van der Waals surface area contributed by atoms with Gasteiger partial charge in [-0.25, -0.2) is 0 Å². The molecule has 0 saturated carbocycles. The second-order valence-corrected chi connectivity index (χ2v) is 7.10. The van der Waals surface area contributed by atoms with Gasteiger partial charge in [-0.2, -0.15) is 8.42 Å². The van der Waals surface area contributed by atoms with Crippen LogP contribution in [0.5, 0.6) is 0 Å². The van der Waals surface area contributed by atoms with Gasteiger partial charge in [-0.1, -0.05) is 12.1 Å². The van der Waals surface area contributed by atoms with Crippen molar-refractivity contribution in [3.8, 4) is 0 Å². The van der Waals surface area contributed by atoms with Gasteiger partial charge < -0.3 is 14.2 Å². The molecule has 0 heterocycles. The molecule has 1 aromatic carbocycles. The maximum Gasteiger partial charge on any atom is 0.357 e. The van der Waals surface area contributed by atoms with E-state index in [0.29, 0.717) is 5.56 Å². The largest absolute Gasteiger partial charge is 0.469 e. The molecule has 156 valence electrons. The number of carbonyl (C=O) groups excluding carboxylic acids is 3. The van der Waals surface area contributed by atoms with Crippen LogP contribution in [0.25, 0.3) is 0 Å². The van der Waals surface area contributed by atoms with Crippen molar-refractivity contribution in [3.63, 3.8) is 0 Å². The first-order valence-corrected chi connectivity index (χ1v) is 9.60. The van der Waals surface area contributed by atoms with E-state index in [-0.39, 0.29) is 31.4 Å². The maximum absolute atomic E-state index is 12.5. The van der Waals surface area contributed by atoms with E-state index in [1.165, 1.54) is 31.4 Å². The second-order valence-electron chi connectivity index (χ2n) is 5.95. The first-order valence-electron chi connectivity index (χ1n) is 8.16. The number of carbonyl (C=O) groups is 3. The van der Waals surface area contributed by atoms with E-state index in [2.05, 4.69) is 4.74 Å². The molecule has 1 aromatic rings. The Bertz CT molecular complexity index is 786. The summed E-state index contributed by atoms with van der Waals surface area (Å²) in [5.41, 5.74) is -1.08. The Hall–Kier alpha value is -2.66. The fourth-order valence-electron chi connectivity index (χ4n) is 2.74. The van der Waals surface area contributed by atoms with Crippen LogP contribution in [0, 0.1) is 5.41 Å². The lowest BCUT2D eigenvalue weighted by Crippen LogP contribution is -2.43. The topological polar surface area (TPSA) is 145 Å². The van der Waals surface area contributed by atoms with Crippen molar-refractivity contribution in [2.75, 3.05) is 26.1 Å². The van der Waals surface area contributed by atoms with Crippen LogP contribution in [-0.4, -0.2) is 52.2 Å². The Labute approximate surface area is 163 Å². The number of rotatable bonds is 10. The van der Waals surface area contributed by atoms with Crippen LogP contribution >= 0.6 is 0 Å². The Morgan fingerprint density at radius 1 is 1.00 bits per heavy atom. The van der Waals surface area contributed by atoms with Gasteiger partial charge in [0.25, 0.3) is 0 Å². The van der Waals surface area contributed by atoms with Crippen molar-refractivity contribution in [1.82, 2.24) is 0 Å². The molecule has 0 amide bonds. The zero-order valence-corrected chi connectivity index (χ0v) is 16.6. The van der Waals surface area contributed by atoms with Crippen molar-refractivity contribution in [2.45, 2.75) is 25.7 Å². The van der Waals surface area contributed by atoms with Crippen LogP contribution in [0.15, 0.2) is 24.3 Å². The quantitative estimate of drug-likeness (QED) is 0.247. The van der Waals surface area contributed by atoms with Crippen molar-refractivity contribution in [2.24, 2.45) is 5.41 Å². The molecule has 1 rings (SSSR count). The predicted octanol–water partition coefficient (Wildman–Crippen LogP) is 1.12. The average molecular weight is 417 g/mol. The van der Waals surface area contributed by atoms with Crippen molar-refractivity contribution in [1.29, 1.82) is 0 Å². The molecule has 0 radical (unpaired) electrons. The monoisotopic (exact) mass is 417 g/mol. The fourth-order valence-corrected chi connectivity index (χ4v) is 3.17. The molecule has 10 nitrogen and oxygen atoms in total. The van der Waals surface area contributed by atoms with Crippen LogP contribution in [0.2, 0.25) is 0 Å². The number of esters is 3. The van der Waals surface area contributed by atoms with Crippen LogP contribution < -0.4 is 4.72 Å². The molecule has 0 saturated heterocycles. The summed E-state index contributed by atoms with van der Waals surface area (Å²) in [5.74, 6) is -2.11. The van der Waals surface area contributed by atoms with Gasteiger partial charge in [0.2, 0.25) is 0 Å². The van der Waals surface area contributed by atoms with E-state index in [1.54, 1.807) is 0 Å². The van der Waals surface area contributed by atoms with Crippen LogP contribution in [0.3, 0.4) is 0 Å². The minimum Gasteiger partial charge on any atom is -0.469 e. The number of anilines is 1. The average Bonchev–Trinajstić information content (AvgIpc) is 2.65. The molecule has 2 N–H and O–H groups in total. The summed E-state index contributed by atoms with van der Waals surface area (Å²) in [4.78, 5) is 36.3. The maximum atomic E-state index is 12.5. The van der Waals surface area contributed by atoms with Gasteiger partial charge in [0.1, 0.15) is 0 Å². The van der Waals surface area contributed by atoms with Gasteiger partial charge >= 0.3 is 28.2 Å². The van der Waals surface area contributed by atoms with E-state index < -0.39 is 33.6 Å². The second kappa shape index (κ2) is 10.0. The summed E-state index contributed by atoms with van der Waals surface area (Å²) in [6, 6.07) is 5.68. The molecule has 0 bridgehead atoms. The van der Waals surface area contributed by atoms with E-state index in [1.807, 2.05) is 4.72 Å². The van der Waals surface area contributed by atoms with E-state index in [0.717, 1.165) is 14.2 Å². The number of hydrogen-bond donors (Lipinski definition) is 2. The number of nitrogens with one attached hydrogen (secondary N) is 1. The highest BCUT2D eigenvalue weighted by Gasteiger charge is 2.48. The van der Waals surface area contributed by atoms with Crippen molar-refractivity contribution in [3.05, 3.63) is 29.8 Å². The normalized spacial score (nSPS) is 11.4. The van der Waals surface area contributed by atoms with Gasteiger partial charge in [-0.3, -0.25) is 23.7 Å². The molecule has 0 aliphatic heterocycles. The lowest BCUT2D eigenvalue weighted by atomic mass is 9.77. The third-order valence-electron chi connectivity index (χ3n) is 4.07. The smallest absolute Gasteiger partial charge is 0.357 e. The number of hydrogen-bond acceptors (Lipinski definition) is 8. The summed E-state index contributed by atoms with van der Waals surface area (Å²) >= 11 is 0. The Morgan fingerprint density at radius 2 is 1.54 bits per heavy atom. The van der Waals surface area contributed by atoms with Crippen LogP contribution in [0.1, 0.15) is 24.8 Å². The van der Waals surface area contributed by atoms with Crippen molar-refractivity contribution < 1.29 is 41.6 Å². The summed E-state index contributed by atoms with van der Waals surface area (Å²) in [6.07, 6.45) is 0.0644. The highest BCUT2D eigenvalue weighted by molar-refractivity contribution is 7.87. The molecule has 0 aromatic heterocycles. The SMILES string of the molecule is COC(=O)CCCC(Cc1ccc(NS(=O)(=O)O)cc1)(C(=O)OC)C(=O)OC. The van der Waals surface area contributed by atoms with Crippen LogP contribution in [-0.2, 0) is 45.3 Å². The van der Waals surface area contributed by atoms with E-state index in [4.69, 9.17) is 14.0 Å². The standard InChI is InChI=1S/C17H23NO9S/c1-25-14(19)5-4-10-17(15(20)26-2,16(21)27-3)11-12-6-8-13(9-7-12)18-28(22,23)24/h6-9,18H,4-5,10-11H2,1-3H3,(H,22,23,24). The van der Waals surface area contributed by atoms with Crippen LogP contribution in [0.4, 0.5) is 5.69 Å². The molecule has 0 aliphatic carbocycles. The number of ether oxygens (including phenoxy) is 3. The zero-order chi connectivity index (χ0) is 21.4. The minimum atomic E-state index is -4.42. The van der Waals surface area contributed by atoms with E-state index in [9.17, 15) is 22.8 Å². The van der Waals surface area contributed by atoms with Gasteiger partial charge in [-0.15, -0.1) is 0 Å². The van der Waals surface area contributed by atoms with Gasteiger partial charge in [0.05, 0.1) is 27.0 Å². The summed E-state index contributed by atoms with van der Waals surface area (Å²) in [6.45, 7) is 0. The Kier molecular flexibility index (Phi) is 8.38. The molecule has 0 spiro atoms. The first-order chi connectivity index (χ1) is 13.1. The third-order valence-corrected chi connectivity index (χ3v) is 4.56. The van der Waals surface area contributed by atoms with Gasteiger partial charge in [0.15, 0.2) is 5.41 Å². The molecule has 0 unspecified atom stereocenters. The molecule has 0 fully saturated rings. The third kappa shape index (κ3) is 6.50. The molecule has 28 heavy (non-hydrogen) atoms. The molecule has 0 atom stereocenters. The molecule has 0 aliphatic rings. The van der Waals surface area contributed by atoms with Crippen molar-refractivity contribution >= 4 is 33.9 Å². The van der Waals surface area contributed by atoms with Gasteiger partial charge in [-0.05, 0) is 37.0 Å². The minimum absolute atomic E-state index is 0.00343. The first kappa shape index (κ1) is 23.4. The Balaban J connectivity index is 3.14. The molecular weight excluding hydrogens is 394 g/mol. The highest BCUT2D eigenvalue weighted by Crippen LogP contribution is 2.33. The molecule has 11 heteroatoms. The fraction of sp³-hybridized carbons (Fsp3) is 0.471. The number of methoxy groups -OCH3 is 3. The van der Waals surface area contributed by atoms with Gasteiger partial charge in [0, 0.05) is 6.42 Å². The van der Waals surface area contributed by atoms with E-state index >= 15 is 0 Å². The Morgan fingerprint density at radius 3 is 1.96 bits per heavy atom. The summed E-state index contributed by atoms with van der Waals surface area (Å²) in [7, 11) is -0.913. The lowest BCUT2D eigenvalue weighted by Gasteiger charge is -2.28. The summed E-state index contributed by atoms with van der Waals surface area (Å²) in [5, 5.41) is 0. The number of benzene rings is 1.